The lowest BCUT2D eigenvalue weighted by molar-refractivity contribution is 0.0761. The number of hydrogen-bond donors (Lipinski definition) is 2. The van der Waals surface area contributed by atoms with Crippen molar-refractivity contribution in [1.82, 2.24) is 4.90 Å². The second-order valence-corrected chi connectivity index (χ2v) is 6.51. The van der Waals surface area contributed by atoms with Crippen LogP contribution in [-0.2, 0) is 0 Å². The van der Waals surface area contributed by atoms with Crippen LogP contribution < -0.4 is 0 Å². The van der Waals surface area contributed by atoms with Crippen LogP contribution in [0.4, 0.5) is 0 Å². The predicted octanol–water partition coefficient (Wildman–Crippen LogP) is 2.85. The van der Waals surface area contributed by atoms with Crippen LogP contribution in [0.3, 0.4) is 0 Å². The van der Waals surface area contributed by atoms with Gasteiger partial charge in [0.2, 0.25) is 0 Å². The second kappa shape index (κ2) is 6.06. The second-order valence-electron chi connectivity index (χ2n) is 6.51. The number of phenols is 1. The summed E-state index contributed by atoms with van der Waals surface area (Å²) < 4.78 is 0. The molecule has 0 aliphatic carbocycles. The summed E-state index contributed by atoms with van der Waals surface area (Å²) in [5, 5.41) is 20.0. The molecule has 0 radical (unpaired) electrons. The number of aromatic hydroxyl groups is 1. The lowest BCUT2D eigenvalue weighted by Gasteiger charge is -2.20. The van der Waals surface area contributed by atoms with Gasteiger partial charge in [0, 0.05) is 13.1 Å². The highest BCUT2D eigenvalue weighted by molar-refractivity contribution is 5.97. The van der Waals surface area contributed by atoms with E-state index < -0.39 is 6.10 Å². The topological polar surface area (TPSA) is 60.8 Å². The normalized spacial score (nSPS) is 18.8. The first-order chi connectivity index (χ1) is 9.81. The summed E-state index contributed by atoms with van der Waals surface area (Å²) >= 11 is 0. The SMILES string of the molecule is CC(C)c1cc(C(=O)N2CC[C@@H](O)C2)c(O)c(C(C)C)c1. The molecule has 0 spiro atoms. The van der Waals surface area contributed by atoms with Gasteiger partial charge >= 0.3 is 0 Å². The third-order valence-electron chi connectivity index (χ3n) is 4.13. The molecule has 1 amide bonds. The molecule has 0 bridgehead atoms. The van der Waals surface area contributed by atoms with Crippen LogP contribution in [0.5, 0.6) is 5.75 Å². The molecule has 1 aromatic carbocycles. The van der Waals surface area contributed by atoms with Crippen LogP contribution >= 0.6 is 0 Å². The molecule has 4 heteroatoms. The molecule has 1 heterocycles. The van der Waals surface area contributed by atoms with Crippen molar-refractivity contribution in [2.24, 2.45) is 0 Å². The van der Waals surface area contributed by atoms with E-state index in [0.717, 1.165) is 11.1 Å². The summed E-state index contributed by atoms with van der Waals surface area (Å²) in [6, 6.07) is 3.78. The van der Waals surface area contributed by atoms with Crippen LogP contribution in [0.25, 0.3) is 0 Å². The Labute approximate surface area is 126 Å². The molecule has 1 aromatic rings. The fourth-order valence-electron chi connectivity index (χ4n) is 2.71. The molecule has 2 N–H and O–H groups in total. The maximum atomic E-state index is 12.6. The van der Waals surface area contributed by atoms with Crippen molar-refractivity contribution in [1.29, 1.82) is 0 Å². The van der Waals surface area contributed by atoms with Gasteiger partial charge in [-0.1, -0.05) is 33.8 Å². The minimum atomic E-state index is -0.450. The van der Waals surface area contributed by atoms with Gasteiger partial charge in [0.05, 0.1) is 11.7 Å². The van der Waals surface area contributed by atoms with E-state index >= 15 is 0 Å². The molecule has 0 unspecified atom stereocenters. The number of nitrogens with zero attached hydrogens (tertiary/aromatic N) is 1. The number of phenolic OH excluding ortho intramolecular Hbond substituents is 1. The van der Waals surface area contributed by atoms with Gasteiger partial charge in [-0.05, 0) is 35.4 Å². The van der Waals surface area contributed by atoms with Crippen molar-refractivity contribution >= 4 is 5.91 Å². The average molecular weight is 291 g/mol. The lowest BCUT2D eigenvalue weighted by atomic mass is 9.91. The Kier molecular flexibility index (Phi) is 4.57. The molecule has 4 nitrogen and oxygen atoms in total. The Hall–Kier alpha value is -1.55. The Bertz CT molecular complexity index is 537. The Morgan fingerprint density at radius 3 is 2.38 bits per heavy atom. The quantitative estimate of drug-likeness (QED) is 0.900. The van der Waals surface area contributed by atoms with E-state index in [-0.39, 0.29) is 17.6 Å². The Morgan fingerprint density at radius 2 is 1.90 bits per heavy atom. The standard InChI is InChI=1S/C17H25NO3/c1-10(2)12-7-14(11(3)4)16(20)15(8-12)17(21)18-6-5-13(19)9-18/h7-8,10-11,13,19-20H,5-6,9H2,1-4H3/t13-/m1/s1. The summed E-state index contributed by atoms with van der Waals surface area (Å²) in [6.07, 6.45) is 0.155. The first-order valence-corrected chi connectivity index (χ1v) is 7.65. The first kappa shape index (κ1) is 15.8. The number of benzene rings is 1. The van der Waals surface area contributed by atoms with Gasteiger partial charge in [0.15, 0.2) is 0 Å². The van der Waals surface area contributed by atoms with Crippen LogP contribution in [0.15, 0.2) is 12.1 Å². The van der Waals surface area contributed by atoms with Gasteiger partial charge in [-0.15, -0.1) is 0 Å². The van der Waals surface area contributed by atoms with Gasteiger partial charge in [-0.3, -0.25) is 4.79 Å². The van der Waals surface area contributed by atoms with Crippen molar-refractivity contribution < 1.29 is 15.0 Å². The van der Waals surface area contributed by atoms with Crippen molar-refractivity contribution in [2.75, 3.05) is 13.1 Å². The largest absolute Gasteiger partial charge is 0.507 e. The van der Waals surface area contributed by atoms with Crippen molar-refractivity contribution in [2.45, 2.75) is 52.1 Å². The third-order valence-corrected chi connectivity index (χ3v) is 4.13. The number of carbonyl (C=O) groups excluding carboxylic acids is 1. The molecule has 1 aliphatic heterocycles. The Balaban J connectivity index is 2.44. The number of hydrogen-bond acceptors (Lipinski definition) is 3. The molecule has 21 heavy (non-hydrogen) atoms. The zero-order valence-electron chi connectivity index (χ0n) is 13.3. The van der Waals surface area contributed by atoms with Gasteiger partial charge < -0.3 is 15.1 Å². The highest BCUT2D eigenvalue weighted by Gasteiger charge is 2.28. The molecular weight excluding hydrogens is 266 g/mol. The van der Waals surface area contributed by atoms with E-state index in [9.17, 15) is 15.0 Å². The highest BCUT2D eigenvalue weighted by atomic mass is 16.3. The highest BCUT2D eigenvalue weighted by Crippen LogP contribution is 2.34. The van der Waals surface area contributed by atoms with Gasteiger partial charge in [0.1, 0.15) is 5.75 Å². The monoisotopic (exact) mass is 291 g/mol. The predicted molar refractivity (Wildman–Crippen MR) is 82.8 cm³/mol. The molecule has 0 saturated carbocycles. The maximum absolute atomic E-state index is 12.6. The Morgan fingerprint density at radius 1 is 1.24 bits per heavy atom. The van der Waals surface area contributed by atoms with Gasteiger partial charge in [0.25, 0.3) is 5.91 Å². The number of likely N-dealkylation sites (tertiary alicyclic amines) is 1. The molecule has 1 atom stereocenters. The summed E-state index contributed by atoms with van der Waals surface area (Å²) in [4.78, 5) is 14.2. The van der Waals surface area contributed by atoms with Crippen molar-refractivity contribution in [3.8, 4) is 5.75 Å². The van der Waals surface area contributed by atoms with E-state index in [4.69, 9.17) is 0 Å². The van der Waals surface area contributed by atoms with E-state index in [2.05, 4.69) is 13.8 Å². The minimum absolute atomic E-state index is 0.0841. The van der Waals surface area contributed by atoms with E-state index in [1.165, 1.54) is 0 Å². The van der Waals surface area contributed by atoms with Crippen LogP contribution in [0, 0.1) is 0 Å². The number of aliphatic hydroxyl groups is 1. The van der Waals surface area contributed by atoms with Crippen LogP contribution in [-0.4, -0.2) is 40.2 Å². The van der Waals surface area contributed by atoms with Gasteiger partial charge in [-0.2, -0.15) is 0 Å². The number of amides is 1. The van der Waals surface area contributed by atoms with Crippen molar-refractivity contribution in [3.63, 3.8) is 0 Å². The molecule has 2 rings (SSSR count). The molecular formula is C17H25NO3. The molecule has 1 saturated heterocycles. The third kappa shape index (κ3) is 3.21. The number of aliphatic hydroxyl groups excluding tert-OH is 1. The summed E-state index contributed by atoms with van der Waals surface area (Å²) in [5.41, 5.74) is 2.22. The smallest absolute Gasteiger partial charge is 0.257 e. The minimum Gasteiger partial charge on any atom is -0.507 e. The molecule has 1 fully saturated rings. The number of rotatable bonds is 3. The molecule has 1 aliphatic rings. The summed E-state index contributed by atoms with van der Waals surface area (Å²) in [6.45, 7) is 9.05. The van der Waals surface area contributed by atoms with E-state index in [1.807, 2.05) is 19.9 Å². The molecule has 116 valence electrons. The average Bonchev–Trinajstić information content (AvgIpc) is 2.84. The number of β-amino-alcohol motifs (C(OH)–C–C–N with tert-alkyl or cyclic N) is 1. The van der Waals surface area contributed by atoms with Gasteiger partial charge in [-0.25, -0.2) is 0 Å². The lowest BCUT2D eigenvalue weighted by Crippen LogP contribution is -2.29. The number of carbonyl (C=O) groups is 1. The van der Waals surface area contributed by atoms with Crippen molar-refractivity contribution in [3.05, 3.63) is 28.8 Å². The van der Waals surface area contributed by atoms with Crippen LogP contribution in [0.2, 0.25) is 0 Å². The fraction of sp³-hybridized carbons (Fsp3) is 0.588. The van der Waals surface area contributed by atoms with E-state index in [1.54, 1.807) is 11.0 Å². The molecule has 0 aromatic heterocycles. The summed E-state index contributed by atoms with van der Waals surface area (Å²) in [5.74, 6) is 0.340. The zero-order valence-corrected chi connectivity index (χ0v) is 13.3. The fourth-order valence-corrected chi connectivity index (χ4v) is 2.71. The van der Waals surface area contributed by atoms with Crippen LogP contribution in [0.1, 0.15) is 67.4 Å². The zero-order chi connectivity index (χ0) is 15.7. The maximum Gasteiger partial charge on any atom is 0.257 e. The first-order valence-electron chi connectivity index (χ1n) is 7.65. The van der Waals surface area contributed by atoms with E-state index in [0.29, 0.717) is 31.0 Å². The summed E-state index contributed by atoms with van der Waals surface area (Å²) in [7, 11) is 0.